The van der Waals surface area contributed by atoms with E-state index in [-0.39, 0.29) is 0 Å². The molecule has 0 spiro atoms. The molecule has 2 aromatic rings. The molecule has 0 N–H and O–H groups in total. The number of hydrogen-bond acceptors (Lipinski definition) is 3. The summed E-state index contributed by atoms with van der Waals surface area (Å²) in [6, 6.07) is 10.2. The van der Waals surface area contributed by atoms with E-state index < -0.39 is 24.0 Å². The van der Waals surface area contributed by atoms with Crippen molar-refractivity contribution in [2.45, 2.75) is 51.9 Å². The molecule has 0 atom stereocenters. The Morgan fingerprint density at radius 1 is 1.16 bits per heavy atom. The summed E-state index contributed by atoms with van der Waals surface area (Å²) in [5.41, 5.74) is 0.394. The normalized spacial score (nSPS) is 19.4. The van der Waals surface area contributed by atoms with Crippen LogP contribution in [-0.4, -0.2) is 28.1 Å². The Kier molecular flexibility index (Phi) is 4.84. The van der Waals surface area contributed by atoms with E-state index in [2.05, 4.69) is 17.2 Å². The van der Waals surface area contributed by atoms with Crippen LogP contribution in [-0.2, 0) is 22.3 Å². The zero-order valence-electron chi connectivity index (χ0n) is 15.2. The molecular weight excluding hydrogens is 318 g/mol. The van der Waals surface area contributed by atoms with Gasteiger partial charge in [0.25, 0.3) is 0 Å². The van der Waals surface area contributed by atoms with Gasteiger partial charge in [0.1, 0.15) is 5.73 Å². The van der Waals surface area contributed by atoms with E-state index in [4.69, 9.17) is 9.31 Å². The van der Waals surface area contributed by atoms with E-state index in [9.17, 15) is 4.39 Å². The maximum Gasteiger partial charge on any atom is 0.525 e. The fourth-order valence-electron chi connectivity index (χ4n) is 2.65. The van der Waals surface area contributed by atoms with Crippen molar-refractivity contribution in [3.63, 3.8) is 0 Å². The van der Waals surface area contributed by atoms with Crippen molar-refractivity contribution in [2.24, 2.45) is 0 Å². The molecule has 0 bridgehead atoms. The minimum Gasteiger partial charge on any atom is -0.398 e. The number of aromatic nitrogens is 2. The zero-order chi connectivity index (χ0) is 18.1. The van der Waals surface area contributed by atoms with Crippen LogP contribution >= 0.6 is 0 Å². The number of halogens is 1. The standard InChI is InChI=1S/C19H24BFN2O2/c1-18(2)19(3,4)25-20(24-18)17(21)12-16-13-22-23(14-16)11-10-15-8-6-5-7-9-15/h5-9,12-14H,10-11H2,1-4H3. The molecule has 1 aromatic heterocycles. The monoisotopic (exact) mass is 342 g/mol. The smallest absolute Gasteiger partial charge is 0.398 e. The molecule has 0 radical (unpaired) electrons. The number of hydrogen-bond donors (Lipinski definition) is 0. The highest BCUT2D eigenvalue weighted by atomic mass is 19.1. The number of aryl methyl sites for hydroxylation is 2. The van der Waals surface area contributed by atoms with Crippen LogP contribution in [0.25, 0.3) is 6.08 Å². The number of nitrogens with zero attached hydrogens (tertiary/aromatic N) is 2. The van der Waals surface area contributed by atoms with Crippen LogP contribution in [0.3, 0.4) is 0 Å². The minimum atomic E-state index is -0.974. The van der Waals surface area contributed by atoms with Crippen LogP contribution in [0.2, 0.25) is 0 Å². The predicted octanol–water partition coefficient (Wildman–Crippen LogP) is 4.07. The van der Waals surface area contributed by atoms with Crippen molar-refractivity contribution in [3.05, 3.63) is 59.6 Å². The summed E-state index contributed by atoms with van der Waals surface area (Å²) in [4.78, 5) is 0. The molecule has 0 unspecified atom stereocenters. The maximum atomic E-state index is 14.5. The molecule has 6 heteroatoms. The van der Waals surface area contributed by atoms with E-state index in [1.54, 1.807) is 6.20 Å². The Labute approximate surface area is 148 Å². The van der Waals surface area contributed by atoms with Gasteiger partial charge in [0.05, 0.1) is 17.4 Å². The first-order valence-electron chi connectivity index (χ1n) is 8.56. The van der Waals surface area contributed by atoms with Gasteiger partial charge in [-0.15, -0.1) is 0 Å². The molecule has 25 heavy (non-hydrogen) atoms. The molecule has 3 rings (SSSR count). The molecule has 0 aliphatic carbocycles. The lowest BCUT2D eigenvalue weighted by molar-refractivity contribution is 0.00578. The van der Waals surface area contributed by atoms with Gasteiger partial charge >= 0.3 is 7.12 Å². The maximum absolute atomic E-state index is 14.5. The Morgan fingerprint density at radius 2 is 1.80 bits per heavy atom. The first kappa shape index (κ1) is 17.9. The van der Waals surface area contributed by atoms with Crippen LogP contribution < -0.4 is 0 Å². The molecule has 1 aliphatic rings. The quantitative estimate of drug-likeness (QED) is 0.769. The SMILES string of the molecule is CC1(C)OB(C(F)=Cc2cnn(CCc3ccccc3)c2)OC1(C)C. The summed E-state index contributed by atoms with van der Waals surface area (Å²) in [6.45, 7) is 8.36. The number of benzene rings is 1. The molecule has 132 valence electrons. The Balaban J connectivity index is 1.63. The van der Waals surface area contributed by atoms with Gasteiger partial charge in [0.15, 0.2) is 0 Å². The Hall–Kier alpha value is -1.92. The first-order chi connectivity index (χ1) is 11.8. The van der Waals surface area contributed by atoms with Gasteiger partial charge in [0, 0.05) is 18.3 Å². The zero-order valence-corrected chi connectivity index (χ0v) is 15.2. The van der Waals surface area contributed by atoms with Crippen molar-refractivity contribution < 1.29 is 13.7 Å². The Bertz CT molecular complexity index is 740. The molecule has 0 saturated carbocycles. The highest BCUT2D eigenvalue weighted by Crippen LogP contribution is 2.39. The topological polar surface area (TPSA) is 36.3 Å². The lowest BCUT2D eigenvalue weighted by atomic mass is 9.87. The summed E-state index contributed by atoms with van der Waals surface area (Å²) >= 11 is 0. The van der Waals surface area contributed by atoms with Crippen LogP contribution in [0.4, 0.5) is 4.39 Å². The third-order valence-electron chi connectivity index (χ3n) is 4.91. The predicted molar refractivity (Wildman–Crippen MR) is 97.5 cm³/mol. The summed E-state index contributed by atoms with van der Waals surface area (Å²) < 4.78 is 27.8. The van der Waals surface area contributed by atoms with E-state index >= 15 is 0 Å². The van der Waals surface area contributed by atoms with Crippen LogP contribution in [0.1, 0.15) is 38.8 Å². The second-order valence-electron chi connectivity index (χ2n) is 7.39. The molecule has 1 fully saturated rings. The van der Waals surface area contributed by atoms with Crippen molar-refractivity contribution in [1.82, 2.24) is 9.78 Å². The largest absolute Gasteiger partial charge is 0.525 e. The Morgan fingerprint density at radius 3 is 2.44 bits per heavy atom. The average molecular weight is 342 g/mol. The lowest BCUT2D eigenvalue weighted by Gasteiger charge is -2.32. The third kappa shape index (κ3) is 4.02. The summed E-state index contributed by atoms with van der Waals surface area (Å²) in [5, 5.41) is 4.29. The van der Waals surface area contributed by atoms with Gasteiger partial charge in [-0.3, -0.25) is 4.68 Å². The van der Waals surface area contributed by atoms with Crippen LogP contribution in [0, 0.1) is 0 Å². The van der Waals surface area contributed by atoms with Crippen molar-refractivity contribution in [1.29, 1.82) is 0 Å². The fraction of sp³-hybridized carbons (Fsp3) is 0.421. The van der Waals surface area contributed by atoms with Gasteiger partial charge in [-0.2, -0.15) is 5.10 Å². The molecule has 1 aromatic carbocycles. The van der Waals surface area contributed by atoms with Gasteiger partial charge < -0.3 is 9.31 Å². The van der Waals surface area contributed by atoms with Crippen molar-refractivity contribution >= 4 is 13.2 Å². The third-order valence-corrected chi connectivity index (χ3v) is 4.91. The summed E-state index contributed by atoms with van der Waals surface area (Å²) in [5.74, 6) is 0. The van der Waals surface area contributed by atoms with Crippen molar-refractivity contribution in [2.75, 3.05) is 0 Å². The molecule has 0 amide bonds. The highest BCUT2D eigenvalue weighted by Gasteiger charge is 2.53. The van der Waals surface area contributed by atoms with E-state index in [0.29, 0.717) is 5.56 Å². The molecule has 1 saturated heterocycles. The molecule has 4 nitrogen and oxygen atoms in total. The number of rotatable bonds is 5. The van der Waals surface area contributed by atoms with Crippen LogP contribution in [0.15, 0.2) is 48.5 Å². The molecule has 2 heterocycles. The molecular formula is C19H24BFN2O2. The first-order valence-corrected chi connectivity index (χ1v) is 8.56. The highest BCUT2D eigenvalue weighted by molar-refractivity contribution is 6.54. The van der Waals surface area contributed by atoms with E-state index in [1.165, 1.54) is 11.6 Å². The summed E-state index contributed by atoms with van der Waals surface area (Å²) in [7, 11) is -0.974. The van der Waals surface area contributed by atoms with Crippen molar-refractivity contribution in [3.8, 4) is 0 Å². The lowest BCUT2D eigenvalue weighted by Crippen LogP contribution is -2.41. The van der Waals surface area contributed by atoms with Gasteiger partial charge in [0.2, 0.25) is 0 Å². The van der Waals surface area contributed by atoms with Gasteiger partial charge in [-0.05, 0) is 45.8 Å². The fourth-order valence-corrected chi connectivity index (χ4v) is 2.65. The van der Waals surface area contributed by atoms with Gasteiger partial charge in [-0.25, -0.2) is 4.39 Å². The van der Waals surface area contributed by atoms with E-state index in [0.717, 1.165) is 13.0 Å². The second-order valence-corrected chi connectivity index (χ2v) is 7.39. The summed E-state index contributed by atoms with van der Waals surface area (Å²) in [6.07, 6.45) is 5.78. The average Bonchev–Trinajstić information content (AvgIpc) is 3.08. The van der Waals surface area contributed by atoms with E-state index in [1.807, 2.05) is 56.8 Å². The van der Waals surface area contributed by atoms with Crippen LogP contribution in [0.5, 0.6) is 0 Å². The second kappa shape index (κ2) is 6.77. The minimum absolute atomic E-state index is 0.443. The van der Waals surface area contributed by atoms with Gasteiger partial charge in [-0.1, -0.05) is 30.3 Å². The molecule has 1 aliphatic heterocycles.